The first-order valence-electron chi connectivity index (χ1n) is 17.2. The Kier molecular flexibility index (Phi) is 14.2. The number of nitrogens with zero attached hydrogens (tertiary/aromatic N) is 3. The van der Waals surface area contributed by atoms with Crippen LogP contribution in [0.5, 0.6) is 0 Å². The van der Waals surface area contributed by atoms with Gasteiger partial charge in [-0.3, -0.25) is 24.2 Å². The molecule has 2 aromatic carbocycles. The molecule has 0 spiro atoms. The number of rotatable bonds is 16. The summed E-state index contributed by atoms with van der Waals surface area (Å²) in [6.07, 6.45) is 12.0. The van der Waals surface area contributed by atoms with Gasteiger partial charge in [0, 0.05) is 42.1 Å². The summed E-state index contributed by atoms with van der Waals surface area (Å²) in [5.41, 5.74) is 1.92. The highest BCUT2D eigenvalue weighted by atomic mass is 19.1. The quantitative estimate of drug-likeness (QED) is 0.0729. The van der Waals surface area contributed by atoms with Gasteiger partial charge in [0.1, 0.15) is 17.6 Å². The van der Waals surface area contributed by atoms with E-state index >= 15 is 0 Å². The number of piperidine rings is 1. The molecule has 0 aliphatic carbocycles. The number of aliphatic carboxylic acids is 2. The fraction of sp³-hybridized carbons (Fsp3) is 0.459. The molecule has 3 heterocycles. The first-order chi connectivity index (χ1) is 24.1. The Labute approximate surface area is 289 Å². The lowest BCUT2D eigenvalue weighted by molar-refractivity contribution is -0.150. The van der Waals surface area contributed by atoms with Gasteiger partial charge in [0.2, 0.25) is 0 Å². The summed E-state index contributed by atoms with van der Waals surface area (Å²) in [5.74, 6) is -4.06. The lowest BCUT2D eigenvalue weighted by Gasteiger charge is -2.31. The van der Waals surface area contributed by atoms with Crippen molar-refractivity contribution >= 4 is 40.7 Å². The van der Waals surface area contributed by atoms with Crippen LogP contribution in [0.1, 0.15) is 98.3 Å². The maximum absolute atomic E-state index is 13.6. The number of carbonyl (C=O) groups is 5. The van der Waals surface area contributed by atoms with Crippen molar-refractivity contribution in [2.45, 2.75) is 83.7 Å². The minimum atomic E-state index is -1.26. The fourth-order valence-corrected chi connectivity index (χ4v) is 6.10. The minimum Gasteiger partial charge on any atom is -0.478 e. The van der Waals surface area contributed by atoms with Crippen LogP contribution in [0.3, 0.4) is 0 Å². The van der Waals surface area contributed by atoms with Crippen molar-refractivity contribution in [1.82, 2.24) is 15.0 Å². The Morgan fingerprint density at radius 3 is 2.22 bits per heavy atom. The number of carboxylic acid groups (broad SMARTS) is 2. The lowest BCUT2D eigenvalue weighted by Crippen LogP contribution is -2.45. The Hall–Kier alpha value is -4.91. The van der Waals surface area contributed by atoms with E-state index in [0.29, 0.717) is 52.9 Å². The van der Waals surface area contributed by atoms with Crippen LogP contribution in [-0.4, -0.2) is 87.2 Å². The van der Waals surface area contributed by atoms with E-state index in [9.17, 15) is 28.4 Å². The molecule has 50 heavy (non-hydrogen) atoms. The Morgan fingerprint density at radius 2 is 1.54 bits per heavy atom. The summed E-state index contributed by atoms with van der Waals surface area (Å²) in [6, 6.07) is 9.11. The number of hydrogen-bond donors (Lipinski definition) is 2. The first kappa shape index (κ1) is 37.9. The van der Waals surface area contributed by atoms with Crippen molar-refractivity contribution in [2.24, 2.45) is 0 Å². The molecule has 268 valence electrons. The first-order valence-corrected chi connectivity index (χ1v) is 17.2. The van der Waals surface area contributed by atoms with Crippen molar-refractivity contribution in [3.05, 3.63) is 65.5 Å². The molecule has 13 heteroatoms. The van der Waals surface area contributed by atoms with Crippen molar-refractivity contribution in [3.8, 4) is 11.3 Å². The second kappa shape index (κ2) is 18.7. The molecule has 12 nitrogen and oxygen atoms in total. The Balaban J connectivity index is 0.000000627. The molecule has 0 bridgehead atoms. The van der Waals surface area contributed by atoms with Crippen LogP contribution in [0.2, 0.25) is 0 Å². The average Bonchev–Trinajstić information content (AvgIpc) is 3.61. The number of esters is 1. The molecule has 1 fully saturated rings. The summed E-state index contributed by atoms with van der Waals surface area (Å²) in [7, 11) is 0. The average molecular weight is 694 g/mol. The largest absolute Gasteiger partial charge is 0.478 e. The van der Waals surface area contributed by atoms with Gasteiger partial charge in [0.15, 0.2) is 5.58 Å². The van der Waals surface area contributed by atoms with E-state index in [0.717, 1.165) is 45.2 Å². The number of halogens is 1. The summed E-state index contributed by atoms with van der Waals surface area (Å²) in [4.78, 5) is 62.3. The second-order valence-electron chi connectivity index (χ2n) is 12.5. The van der Waals surface area contributed by atoms with Crippen LogP contribution in [0.25, 0.3) is 22.2 Å². The van der Waals surface area contributed by atoms with E-state index in [1.807, 2.05) is 0 Å². The standard InChI is InChI=1S/C33H40FN3O5.C4H4O4/c1-2-3-4-5-6-7-9-12-30(38)41-25(21-36-17-10-8-11-18-36)22-37-32(39)26-15-13-23(19-28(26)33(37)40)31-27-16-14-24(34)20-29(27)42-35-31;5-3(6)1-2-4(7)8/h13-16,19-20,25H,2-12,17-18,21-22H2,1H3;1-2H,(H,5,6)(H,7,8). The van der Waals surface area contributed by atoms with Crippen LogP contribution >= 0.6 is 0 Å². The van der Waals surface area contributed by atoms with Crippen molar-refractivity contribution in [3.63, 3.8) is 0 Å². The molecule has 2 aliphatic rings. The number of amides is 2. The van der Waals surface area contributed by atoms with Gasteiger partial charge in [-0.2, -0.15) is 0 Å². The monoisotopic (exact) mass is 693 g/mol. The number of aromatic nitrogens is 1. The topological polar surface area (TPSA) is 168 Å². The minimum absolute atomic E-state index is 0.00705. The van der Waals surface area contributed by atoms with Crippen LogP contribution in [0.4, 0.5) is 4.39 Å². The zero-order valence-corrected chi connectivity index (χ0v) is 28.3. The highest BCUT2D eigenvalue weighted by Gasteiger charge is 2.38. The zero-order valence-electron chi connectivity index (χ0n) is 28.3. The Bertz CT molecular complexity index is 1680. The molecule has 2 N–H and O–H groups in total. The molecule has 2 amide bonds. The van der Waals surface area contributed by atoms with Crippen molar-refractivity contribution in [1.29, 1.82) is 0 Å². The predicted molar refractivity (Wildman–Crippen MR) is 182 cm³/mol. The number of unbranched alkanes of at least 4 members (excludes halogenated alkanes) is 6. The number of likely N-dealkylation sites (tertiary alicyclic amines) is 1. The smallest absolute Gasteiger partial charge is 0.328 e. The van der Waals surface area contributed by atoms with Crippen molar-refractivity contribution in [2.75, 3.05) is 26.2 Å². The molecular weight excluding hydrogens is 649 g/mol. The molecule has 2 aliphatic heterocycles. The SMILES string of the molecule is CCCCCCCCCC(=O)OC(CN1CCCCC1)CN1C(=O)c2ccc(-c3noc4cc(F)ccc34)cc2C1=O.O=C(O)C=CC(=O)O. The van der Waals surface area contributed by atoms with Crippen molar-refractivity contribution < 1.29 is 47.8 Å². The summed E-state index contributed by atoms with van der Waals surface area (Å²) in [6.45, 7) is 4.51. The second-order valence-corrected chi connectivity index (χ2v) is 12.5. The molecule has 5 rings (SSSR count). The van der Waals surface area contributed by atoms with E-state index in [4.69, 9.17) is 19.5 Å². The number of carboxylic acids is 2. The van der Waals surface area contributed by atoms with E-state index in [1.165, 1.54) is 49.1 Å². The molecule has 1 aromatic heterocycles. The summed E-state index contributed by atoms with van der Waals surface area (Å²) < 4.78 is 24.8. The third-order valence-electron chi connectivity index (χ3n) is 8.63. The molecule has 0 radical (unpaired) electrons. The highest BCUT2D eigenvalue weighted by molar-refractivity contribution is 6.22. The summed E-state index contributed by atoms with van der Waals surface area (Å²) >= 11 is 0. The van der Waals surface area contributed by atoms with Gasteiger partial charge >= 0.3 is 17.9 Å². The van der Waals surface area contributed by atoms with Gasteiger partial charge in [-0.05, 0) is 56.6 Å². The molecule has 1 unspecified atom stereocenters. The van der Waals surface area contributed by atoms with E-state index < -0.39 is 35.7 Å². The molecule has 1 saturated heterocycles. The zero-order chi connectivity index (χ0) is 36.0. The maximum Gasteiger partial charge on any atom is 0.328 e. The third kappa shape index (κ3) is 10.8. The third-order valence-corrected chi connectivity index (χ3v) is 8.63. The lowest BCUT2D eigenvalue weighted by atomic mass is 10.0. The molecule has 0 saturated carbocycles. The highest BCUT2D eigenvalue weighted by Crippen LogP contribution is 2.33. The van der Waals surface area contributed by atoms with Gasteiger partial charge in [-0.25, -0.2) is 14.0 Å². The number of carbonyl (C=O) groups excluding carboxylic acids is 3. The van der Waals surface area contributed by atoms with Crippen LogP contribution in [-0.2, 0) is 19.1 Å². The van der Waals surface area contributed by atoms with Gasteiger partial charge in [-0.15, -0.1) is 0 Å². The van der Waals surface area contributed by atoms with E-state index in [-0.39, 0.29) is 18.1 Å². The predicted octanol–water partition coefficient (Wildman–Crippen LogP) is 6.48. The Morgan fingerprint density at radius 1 is 0.880 bits per heavy atom. The fourth-order valence-electron chi connectivity index (χ4n) is 6.10. The van der Waals surface area contributed by atoms with E-state index in [2.05, 4.69) is 17.0 Å². The normalized spacial score (nSPS) is 15.2. The van der Waals surface area contributed by atoms with Crippen LogP contribution in [0.15, 0.2) is 53.1 Å². The number of hydrogen-bond acceptors (Lipinski definition) is 9. The van der Waals surface area contributed by atoms with Crippen LogP contribution < -0.4 is 0 Å². The van der Waals surface area contributed by atoms with Gasteiger partial charge in [-0.1, -0.05) is 63.1 Å². The molecule has 3 aromatic rings. The number of imide groups is 1. The van der Waals surface area contributed by atoms with Gasteiger partial charge in [0.05, 0.1) is 17.7 Å². The van der Waals surface area contributed by atoms with E-state index in [1.54, 1.807) is 24.3 Å². The maximum atomic E-state index is 13.6. The number of benzene rings is 2. The summed E-state index contributed by atoms with van der Waals surface area (Å²) in [5, 5.41) is 20.3. The number of ether oxygens (including phenoxy) is 1. The van der Waals surface area contributed by atoms with Gasteiger partial charge < -0.3 is 19.5 Å². The van der Waals surface area contributed by atoms with Gasteiger partial charge in [0.25, 0.3) is 11.8 Å². The molecule has 1 atom stereocenters. The molecular formula is C37H44FN3O9. The van der Waals surface area contributed by atoms with Crippen LogP contribution in [0, 0.1) is 5.82 Å². The number of fused-ring (bicyclic) bond motifs is 2.